The summed E-state index contributed by atoms with van der Waals surface area (Å²) in [5, 5.41) is 0. The van der Waals surface area contributed by atoms with Gasteiger partial charge in [-0.1, -0.05) is 0 Å². The number of hydrogen-bond donors (Lipinski definition) is 0. The Labute approximate surface area is 104 Å². The minimum Gasteiger partial charge on any atom is -0.370 e. The summed E-state index contributed by atoms with van der Waals surface area (Å²) in [7, 11) is 0. The monoisotopic (exact) mass is 302 g/mol. The number of hydrogen-bond acceptors (Lipinski definition) is 1. The maximum atomic E-state index is 12.4. The van der Waals surface area contributed by atoms with E-state index in [1.807, 2.05) is 0 Å². The number of ether oxygens (including phenoxy) is 1. The zero-order valence-corrected chi connectivity index (χ0v) is 9.83. The van der Waals surface area contributed by atoms with Crippen molar-refractivity contribution in [2.75, 3.05) is 13.3 Å². The molecule has 2 atom stereocenters. The van der Waals surface area contributed by atoms with E-state index in [9.17, 15) is 35.1 Å². The second kappa shape index (κ2) is 7.86. The zero-order chi connectivity index (χ0) is 15.1. The second-order valence-corrected chi connectivity index (χ2v) is 4.00. The van der Waals surface area contributed by atoms with Crippen LogP contribution in [-0.4, -0.2) is 37.9 Å². The minimum atomic E-state index is -4.52. The fraction of sp³-hybridized carbons (Fsp3) is 1.00. The third-order valence-electron chi connectivity index (χ3n) is 2.23. The van der Waals surface area contributed by atoms with Crippen molar-refractivity contribution >= 4 is 0 Å². The smallest absolute Gasteiger partial charge is 0.370 e. The quantitative estimate of drug-likeness (QED) is 0.605. The lowest BCUT2D eigenvalue weighted by molar-refractivity contribution is -0.153. The summed E-state index contributed by atoms with van der Waals surface area (Å²) in [6, 6.07) is 0. The summed E-state index contributed by atoms with van der Waals surface area (Å²) in [4.78, 5) is 0. The Hall–Kier alpha value is -0.600. The average Bonchev–Trinajstić information content (AvgIpc) is 2.25. The molecular formula is C10H14F8O. The highest BCUT2D eigenvalue weighted by molar-refractivity contribution is 4.67. The van der Waals surface area contributed by atoms with Crippen LogP contribution >= 0.6 is 0 Å². The summed E-state index contributed by atoms with van der Waals surface area (Å²) in [6.45, 7) is -2.61. The van der Waals surface area contributed by atoms with Gasteiger partial charge in [-0.2, -0.15) is 26.3 Å². The summed E-state index contributed by atoms with van der Waals surface area (Å²) < 4.78 is 101. The van der Waals surface area contributed by atoms with E-state index in [0.29, 0.717) is 0 Å². The molecule has 0 fully saturated rings. The fourth-order valence-electron chi connectivity index (χ4n) is 1.28. The van der Waals surface area contributed by atoms with Crippen LogP contribution < -0.4 is 0 Å². The van der Waals surface area contributed by atoms with Crippen LogP contribution in [0, 0.1) is 0 Å². The van der Waals surface area contributed by atoms with Crippen LogP contribution in [0.15, 0.2) is 0 Å². The first-order valence-corrected chi connectivity index (χ1v) is 5.48. The number of rotatable bonds is 8. The molecule has 0 bridgehead atoms. The molecule has 116 valence electrons. The van der Waals surface area contributed by atoms with Crippen LogP contribution in [0.25, 0.3) is 0 Å². The zero-order valence-electron chi connectivity index (χ0n) is 9.83. The van der Waals surface area contributed by atoms with E-state index in [4.69, 9.17) is 0 Å². The molecule has 0 aliphatic carbocycles. The predicted octanol–water partition coefficient (Wildman–Crippen LogP) is 4.36. The fourth-order valence-corrected chi connectivity index (χ4v) is 1.28. The van der Waals surface area contributed by atoms with E-state index in [1.54, 1.807) is 0 Å². The van der Waals surface area contributed by atoms with Gasteiger partial charge in [-0.3, -0.25) is 0 Å². The van der Waals surface area contributed by atoms with E-state index >= 15 is 0 Å². The van der Waals surface area contributed by atoms with Gasteiger partial charge in [-0.05, 0) is 12.8 Å². The maximum Gasteiger partial charge on any atom is 0.389 e. The molecule has 1 nitrogen and oxygen atoms in total. The molecule has 0 saturated heterocycles. The molecule has 0 radical (unpaired) electrons. The maximum absolute atomic E-state index is 12.4. The molecule has 0 saturated carbocycles. The first-order valence-electron chi connectivity index (χ1n) is 5.48. The molecule has 2 unspecified atom stereocenters. The normalized spacial score (nSPS) is 16.4. The van der Waals surface area contributed by atoms with Crippen molar-refractivity contribution in [3.63, 3.8) is 0 Å². The van der Waals surface area contributed by atoms with Crippen LogP contribution in [0.2, 0.25) is 0 Å². The van der Waals surface area contributed by atoms with Crippen molar-refractivity contribution in [1.82, 2.24) is 0 Å². The Morgan fingerprint density at radius 2 is 1.00 bits per heavy atom. The largest absolute Gasteiger partial charge is 0.389 e. The molecule has 9 heteroatoms. The number of alkyl halides is 8. The van der Waals surface area contributed by atoms with Crippen LogP contribution in [0.4, 0.5) is 35.1 Å². The van der Waals surface area contributed by atoms with Crippen molar-refractivity contribution in [2.24, 2.45) is 0 Å². The topological polar surface area (TPSA) is 9.23 Å². The van der Waals surface area contributed by atoms with Crippen molar-refractivity contribution in [2.45, 2.75) is 50.2 Å². The van der Waals surface area contributed by atoms with Crippen LogP contribution in [0.5, 0.6) is 0 Å². The lowest BCUT2D eigenvalue weighted by Gasteiger charge is -2.22. The van der Waals surface area contributed by atoms with Gasteiger partial charge in [-0.25, -0.2) is 8.78 Å². The lowest BCUT2D eigenvalue weighted by Crippen LogP contribution is -2.28. The van der Waals surface area contributed by atoms with Crippen LogP contribution in [-0.2, 0) is 4.74 Å². The van der Waals surface area contributed by atoms with Gasteiger partial charge in [0.05, 0.1) is 12.2 Å². The van der Waals surface area contributed by atoms with Gasteiger partial charge in [0.1, 0.15) is 13.3 Å². The molecule has 19 heavy (non-hydrogen) atoms. The minimum absolute atomic E-state index is 0.748. The molecule has 0 aliphatic rings. The van der Waals surface area contributed by atoms with Gasteiger partial charge in [0, 0.05) is 12.8 Å². The summed E-state index contributed by atoms with van der Waals surface area (Å²) in [6.07, 6.45) is -16.3. The highest BCUT2D eigenvalue weighted by Gasteiger charge is 2.31. The molecule has 0 aromatic heterocycles. The van der Waals surface area contributed by atoms with E-state index in [1.165, 1.54) is 0 Å². The number of halogens is 8. The van der Waals surface area contributed by atoms with E-state index in [0.717, 1.165) is 0 Å². The Morgan fingerprint density at radius 3 is 1.21 bits per heavy atom. The second-order valence-electron chi connectivity index (χ2n) is 4.00. The SMILES string of the molecule is FCC(CCC(F)(F)F)OC(CF)CCC(F)(F)F. The molecule has 0 spiro atoms. The Morgan fingerprint density at radius 1 is 0.684 bits per heavy atom. The molecular weight excluding hydrogens is 288 g/mol. The van der Waals surface area contributed by atoms with Crippen molar-refractivity contribution < 1.29 is 39.9 Å². The summed E-state index contributed by atoms with van der Waals surface area (Å²) >= 11 is 0. The Balaban J connectivity index is 4.17. The highest BCUT2D eigenvalue weighted by atomic mass is 19.4. The van der Waals surface area contributed by atoms with Gasteiger partial charge in [0.15, 0.2) is 0 Å². The summed E-state index contributed by atoms with van der Waals surface area (Å²) in [5.74, 6) is 0. The molecule has 0 heterocycles. The first kappa shape index (κ1) is 18.4. The van der Waals surface area contributed by atoms with Gasteiger partial charge >= 0.3 is 12.4 Å². The predicted molar refractivity (Wildman–Crippen MR) is 51.2 cm³/mol. The standard InChI is InChI=1S/C10H14F8O/c11-5-7(1-3-9(13,14)15)19-8(6-12)2-4-10(16,17)18/h7-8H,1-6H2. The Kier molecular flexibility index (Phi) is 7.61. The Bertz CT molecular complexity index is 213. The van der Waals surface area contributed by atoms with E-state index in [-0.39, 0.29) is 0 Å². The highest BCUT2D eigenvalue weighted by Crippen LogP contribution is 2.26. The molecule has 0 N–H and O–H groups in total. The lowest BCUT2D eigenvalue weighted by atomic mass is 10.1. The molecule has 0 amide bonds. The molecule has 0 aromatic carbocycles. The molecule has 0 aliphatic heterocycles. The van der Waals surface area contributed by atoms with E-state index < -0.39 is 63.6 Å². The third-order valence-corrected chi connectivity index (χ3v) is 2.23. The third kappa shape index (κ3) is 11.0. The molecule has 0 aromatic rings. The summed E-state index contributed by atoms with van der Waals surface area (Å²) in [5.41, 5.74) is 0. The van der Waals surface area contributed by atoms with Crippen molar-refractivity contribution in [1.29, 1.82) is 0 Å². The van der Waals surface area contributed by atoms with Crippen molar-refractivity contribution in [3.05, 3.63) is 0 Å². The van der Waals surface area contributed by atoms with Gasteiger partial charge < -0.3 is 4.74 Å². The van der Waals surface area contributed by atoms with Crippen molar-refractivity contribution in [3.8, 4) is 0 Å². The van der Waals surface area contributed by atoms with E-state index in [2.05, 4.69) is 4.74 Å². The molecule has 0 rings (SSSR count). The van der Waals surface area contributed by atoms with Crippen LogP contribution in [0.3, 0.4) is 0 Å². The first-order chi connectivity index (χ1) is 8.57. The van der Waals surface area contributed by atoms with Crippen LogP contribution in [0.1, 0.15) is 25.7 Å². The van der Waals surface area contributed by atoms with Gasteiger partial charge in [0.25, 0.3) is 0 Å². The van der Waals surface area contributed by atoms with Gasteiger partial charge in [-0.15, -0.1) is 0 Å². The average molecular weight is 302 g/mol. The van der Waals surface area contributed by atoms with Gasteiger partial charge in [0.2, 0.25) is 0 Å².